The van der Waals surface area contributed by atoms with E-state index in [9.17, 15) is 4.79 Å². The van der Waals surface area contributed by atoms with E-state index >= 15 is 0 Å². The molecule has 0 saturated carbocycles. The van der Waals surface area contributed by atoms with E-state index in [-0.39, 0.29) is 5.92 Å². The summed E-state index contributed by atoms with van der Waals surface area (Å²) in [4.78, 5) is 14.6. The van der Waals surface area contributed by atoms with Gasteiger partial charge in [-0.25, -0.2) is 0 Å². The van der Waals surface area contributed by atoms with Gasteiger partial charge in [0.1, 0.15) is 5.78 Å². The van der Waals surface area contributed by atoms with Crippen LogP contribution >= 0.6 is 11.6 Å². The molecular weight excluding hydrogens is 306 g/mol. The van der Waals surface area contributed by atoms with E-state index in [1.807, 2.05) is 6.08 Å². The van der Waals surface area contributed by atoms with Crippen LogP contribution in [0, 0.1) is 17.8 Å². The second kappa shape index (κ2) is 7.46. The van der Waals surface area contributed by atoms with Crippen molar-refractivity contribution in [3.63, 3.8) is 0 Å². The molecule has 3 heteroatoms. The summed E-state index contributed by atoms with van der Waals surface area (Å²) >= 11 is 6.05. The summed E-state index contributed by atoms with van der Waals surface area (Å²) in [6, 6.07) is 10.6. The van der Waals surface area contributed by atoms with Gasteiger partial charge < -0.3 is 0 Å². The predicted molar refractivity (Wildman–Crippen MR) is 95.2 cm³/mol. The summed E-state index contributed by atoms with van der Waals surface area (Å²) in [6.07, 6.45) is 8.19. The molecule has 2 nitrogen and oxygen atoms in total. The lowest BCUT2D eigenvalue weighted by Crippen LogP contribution is -2.45. The number of benzene rings is 1. The monoisotopic (exact) mass is 329 g/mol. The van der Waals surface area contributed by atoms with Crippen molar-refractivity contribution in [2.45, 2.75) is 26.3 Å². The molecule has 1 unspecified atom stereocenters. The molecule has 122 valence electrons. The van der Waals surface area contributed by atoms with E-state index < -0.39 is 0 Å². The molecule has 1 aliphatic carbocycles. The minimum atomic E-state index is 0.182. The molecule has 0 radical (unpaired) electrons. The molecule has 3 atom stereocenters. The third-order valence-electron chi connectivity index (χ3n) is 5.15. The summed E-state index contributed by atoms with van der Waals surface area (Å²) < 4.78 is 0. The van der Waals surface area contributed by atoms with E-state index in [0.29, 0.717) is 17.6 Å². The quantitative estimate of drug-likeness (QED) is 0.815. The highest BCUT2D eigenvalue weighted by Crippen LogP contribution is 2.36. The first-order chi connectivity index (χ1) is 11.1. The van der Waals surface area contributed by atoms with Crippen molar-refractivity contribution in [3.05, 3.63) is 59.2 Å². The van der Waals surface area contributed by atoms with Crippen LogP contribution in [-0.2, 0) is 11.3 Å². The first-order valence-electron chi connectivity index (χ1n) is 8.44. The Morgan fingerprint density at radius 1 is 1.30 bits per heavy atom. The number of allylic oxidation sites excluding steroid dienone is 4. The van der Waals surface area contributed by atoms with Crippen LogP contribution in [0.2, 0.25) is 0 Å². The molecule has 1 aromatic rings. The molecule has 3 rings (SSSR count). The van der Waals surface area contributed by atoms with Crippen molar-refractivity contribution in [1.29, 1.82) is 0 Å². The van der Waals surface area contributed by atoms with Gasteiger partial charge >= 0.3 is 0 Å². The van der Waals surface area contributed by atoms with Crippen molar-refractivity contribution in [1.82, 2.24) is 4.90 Å². The van der Waals surface area contributed by atoms with Gasteiger partial charge in [0.25, 0.3) is 0 Å². The van der Waals surface area contributed by atoms with Crippen LogP contribution < -0.4 is 0 Å². The van der Waals surface area contributed by atoms with Crippen molar-refractivity contribution in [2.24, 2.45) is 17.8 Å². The minimum absolute atomic E-state index is 0.182. The van der Waals surface area contributed by atoms with E-state index in [1.165, 1.54) is 5.56 Å². The largest absolute Gasteiger partial charge is 0.300 e. The number of carbonyl (C=O) groups is 1. The standard InChI is InChI=1S/C20H24ClNO/c1-15(23)19-11-12-22(13-16-5-3-2-4-6-16)14-20(19)17-7-9-18(21)10-8-17/h2-7,9-10,17,19-20H,8,11-14H2,1H3/t17?,19-,20-/m1/s1. The lowest BCUT2D eigenvalue weighted by molar-refractivity contribution is -0.125. The van der Waals surface area contributed by atoms with Gasteiger partial charge in [-0.1, -0.05) is 54.1 Å². The Balaban J connectivity index is 1.71. The first-order valence-corrected chi connectivity index (χ1v) is 8.82. The third-order valence-corrected chi connectivity index (χ3v) is 5.43. The Labute approximate surface area is 143 Å². The molecule has 1 aliphatic heterocycles. The Hall–Kier alpha value is -1.38. The topological polar surface area (TPSA) is 20.3 Å². The summed E-state index contributed by atoms with van der Waals surface area (Å²) in [6.45, 7) is 4.71. The average molecular weight is 330 g/mol. The normalized spacial score (nSPS) is 28.4. The van der Waals surface area contributed by atoms with E-state index in [2.05, 4.69) is 47.4 Å². The van der Waals surface area contributed by atoms with Crippen molar-refractivity contribution >= 4 is 17.4 Å². The average Bonchev–Trinajstić information content (AvgIpc) is 2.56. The second-order valence-electron chi connectivity index (χ2n) is 6.74. The summed E-state index contributed by atoms with van der Waals surface area (Å²) in [5.41, 5.74) is 1.34. The molecular formula is C20H24ClNO. The maximum atomic E-state index is 12.1. The highest BCUT2D eigenvalue weighted by Gasteiger charge is 2.36. The third kappa shape index (κ3) is 4.13. The van der Waals surface area contributed by atoms with Crippen LogP contribution in [0.25, 0.3) is 0 Å². The smallest absolute Gasteiger partial charge is 0.133 e. The lowest BCUT2D eigenvalue weighted by Gasteiger charge is -2.41. The number of hydrogen-bond acceptors (Lipinski definition) is 2. The number of hydrogen-bond donors (Lipinski definition) is 0. The molecule has 1 saturated heterocycles. The maximum absolute atomic E-state index is 12.1. The summed E-state index contributed by atoms with van der Waals surface area (Å²) in [7, 11) is 0. The fourth-order valence-electron chi connectivity index (χ4n) is 3.90. The number of piperidine rings is 1. The predicted octanol–water partition coefficient (Wildman–Crippen LogP) is 4.41. The number of rotatable bonds is 4. The van der Waals surface area contributed by atoms with Gasteiger partial charge in [0.15, 0.2) is 0 Å². The summed E-state index contributed by atoms with van der Waals surface area (Å²) in [5.74, 6) is 1.33. The van der Waals surface area contributed by atoms with Gasteiger partial charge in [0, 0.05) is 24.0 Å². The zero-order valence-electron chi connectivity index (χ0n) is 13.6. The molecule has 0 amide bonds. The van der Waals surface area contributed by atoms with Crippen molar-refractivity contribution < 1.29 is 4.79 Å². The lowest BCUT2D eigenvalue weighted by atomic mass is 9.73. The van der Waals surface area contributed by atoms with Crippen LogP contribution in [0.4, 0.5) is 0 Å². The highest BCUT2D eigenvalue weighted by atomic mass is 35.5. The van der Waals surface area contributed by atoms with E-state index in [1.54, 1.807) is 6.92 Å². The Kier molecular flexibility index (Phi) is 5.34. The molecule has 0 bridgehead atoms. The molecule has 1 aromatic carbocycles. The minimum Gasteiger partial charge on any atom is -0.300 e. The molecule has 0 spiro atoms. The van der Waals surface area contributed by atoms with E-state index in [4.69, 9.17) is 11.6 Å². The Morgan fingerprint density at radius 3 is 2.74 bits per heavy atom. The highest BCUT2D eigenvalue weighted by molar-refractivity contribution is 6.31. The zero-order chi connectivity index (χ0) is 16.2. The Bertz CT molecular complexity index is 607. The number of likely N-dealkylation sites (tertiary alicyclic amines) is 1. The maximum Gasteiger partial charge on any atom is 0.133 e. The number of Topliss-reactive ketones (excluding diaryl/α,β-unsaturated/α-hetero) is 1. The number of nitrogens with zero attached hydrogens (tertiary/aromatic N) is 1. The van der Waals surface area contributed by atoms with Crippen LogP contribution in [0.15, 0.2) is 53.6 Å². The van der Waals surface area contributed by atoms with Crippen LogP contribution in [0.5, 0.6) is 0 Å². The fraction of sp³-hybridized carbons (Fsp3) is 0.450. The molecule has 0 aromatic heterocycles. The first kappa shape index (κ1) is 16.5. The number of ketones is 1. The van der Waals surface area contributed by atoms with Crippen molar-refractivity contribution in [3.8, 4) is 0 Å². The van der Waals surface area contributed by atoms with E-state index in [0.717, 1.165) is 37.5 Å². The van der Waals surface area contributed by atoms with Gasteiger partial charge in [-0.15, -0.1) is 0 Å². The second-order valence-corrected chi connectivity index (χ2v) is 7.17. The molecule has 23 heavy (non-hydrogen) atoms. The molecule has 1 heterocycles. The van der Waals surface area contributed by atoms with Gasteiger partial charge in [-0.2, -0.15) is 0 Å². The number of carbonyl (C=O) groups excluding carboxylic acids is 1. The van der Waals surface area contributed by atoms with Gasteiger partial charge in [0.2, 0.25) is 0 Å². The van der Waals surface area contributed by atoms with Crippen LogP contribution in [0.1, 0.15) is 25.3 Å². The fourth-order valence-corrected chi connectivity index (χ4v) is 4.07. The van der Waals surface area contributed by atoms with Crippen molar-refractivity contribution in [2.75, 3.05) is 13.1 Å². The zero-order valence-corrected chi connectivity index (χ0v) is 14.4. The van der Waals surface area contributed by atoms with Crippen LogP contribution in [-0.4, -0.2) is 23.8 Å². The van der Waals surface area contributed by atoms with Crippen LogP contribution in [0.3, 0.4) is 0 Å². The van der Waals surface area contributed by atoms with Gasteiger partial charge in [-0.3, -0.25) is 9.69 Å². The molecule has 1 fully saturated rings. The van der Waals surface area contributed by atoms with Gasteiger partial charge in [-0.05, 0) is 49.8 Å². The molecule has 2 aliphatic rings. The SMILES string of the molecule is CC(=O)[C@H]1CCN(Cc2ccccc2)C[C@@H]1C1C=CC(Cl)=CC1. The van der Waals surface area contributed by atoms with Gasteiger partial charge in [0.05, 0.1) is 0 Å². The molecule has 0 N–H and O–H groups in total. The number of halogens is 1. The summed E-state index contributed by atoms with van der Waals surface area (Å²) in [5, 5.41) is 0.817. The Morgan fingerprint density at radius 2 is 2.09 bits per heavy atom.